The number of nitrogens with zero attached hydrogens (tertiary/aromatic N) is 1. The van der Waals surface area contributed by atoms with E-state index in [2.05, 4.69) is 24.1 Å². The van der Waals surface area contributed by atoms with E-state index in [1.165, 1.54) is 5.56 Å². The minimum absolute atomic E-state index is 0.517. The molecule has 0 spiro atoms. The number of rotatable bonds is 12. The maximum absolute atomic E-state index is 5.59. The van der Waals surface area contributed by atoms with Crippen LogP contribution in [0.25, 0.3) is 0 Å². The zero-order valence-corrected chi connectivity index (χ0v) is 13.4. The minimum Gasteiger partial charge on any atom is -0.475 e. The van der Waals surface area contributed by atoms with Crippen molar-refractivity contribution in [1.82, 2.24) is 10.3 Å². The maximum Gasteiger partial charge on any atom is 0.213 e. The molecule has 0 aromatic carbocycles. The second-order valence-corrected chi connectivity index (χ2v) is 5.33. The van der Waals surface area contributed by atoms with Gasteiger partial charge in [0.25, 0.3) is 0 Å². The molecule has 0 unspecified atom stereocenters. The van der Waals surface area contributed by atoms with Gasteiger partial charge in [-0.2, -0.15) is 0 Å². The molecule has 1 heterocycles. The van der Waals surface area contributed by atoms with Gasteiger partial charge in [0, 0.05) is 39.1 Å². The molecule has 0 aliphatic heterocycles. The zero-order valence-electron chi connectivity index (χ0n) is 13.4. The van der Waals surface area contributed by atoms with Crippen LogP contribution in [0, 0.1) is 5.92 Å². The molecule has 0 saturated carbocycles. The number of ether oxygens (including phenoxy) is 3. The number of aromatic nitrogens is 1. The van der Waals surface area contributed by atoms with E-state index in [0.717, 1.165) is 26.1 Å². The molecular weight excluding hydrogens is 268 g/mol. The molecule has 0 aliphatic rings. The largest absolute Gasteiger partial charge is 0.475 e. The van der Waals surface area contributed by atoms with Gasteiger partial charge in [0.1, 0.15) is 6.61 Å². The van der Waals surface area contributed by atoms with Crippen LogP contribution in [0.15, 0.2) is 18.3 Å². The molecular formula is C16H28N2O3. The Morgan fingerprint density at radius 3 is 2.81 bits per heavy atom. The molecule has 1 aromatic heterocycles. The van der Waals surface area contributed by atoms with Gasteiger partial charge in [0.2, 0.25) is 5.88 Å². The first kappa shape index (κ1) is 17.9. The van der Waals surface area contributed by atoms with Crippen molar-refractivity contribution in [2.45, 2.75) is 26.8 Å². The Bertz CT molecular complexity index is 372. The lowest BCUT2D eigenvalue weighted by atomic mass is 10.2. The number of nitrogens with one attached hydrogen (secondary N) is 1. The molecule has 0 saturated heterocycles. The van der Waals surface area contributed by atoms with Crippen LogP contribution in [0.1, 0.15) is 25.8 Å². The summed E-state index contributed by atoms with van der Waals surface area (Å²) in [5, 5.41) is 3.40. The average molecular weight is 296 g/mol. The van der Waals surface area contributed by atoms with E-state index in [1.54, 1.807) is 13.3 Å². The van der Waals surface area contributed by atoms with Crippen molar-refractivity contribution < 1.29 is 14.2 Å². The van der Waals surface area contributed by atoms with Gasteiger partial charge in [-0.05, 0) is 30.5 Å². The Labute approximate surface area is 128 Å². The monoisotopic (exact) mass is 296 g/mol. The van der Waals surface area contributed by atoms with E-state index in [0.29, 0.717) is 31.6 Å². The van der Waals surface area contributed by atoms with Gasteiger partial charge in [0.15, 0.2) is 0 Å². The zero-order chi connectivity index (χ0) is 15.3. The molecule has 1 rings (SSSR count). The highest BCUT2D eigenvalue weighted by atomic mass is 16.5. The van der Waals surface area contributed by atoms with E-state index in [1.807, 2.05) is 12.1 Å². The normalized spacial score (nSPS) is 11.0. The molecule has 5 nitrogen and oxygen atoms in total. The molecule has 0 amide bonds. The van der Waals surface area contributed by atoms with Crippen molar-refractivity contribution in [3.63, 3.8) is 0 Å². The van der Waals surface area contributed by atoms with Crippen molar-refractivity contribution in [2.75, 3.05) is 40.1 Å². The molecule has 0 aliphatic carbocycles. The lowest BCUT2D eigenvalue weighted by Gasteiger charge is -2.09. The standard InChI is InChI=1S/C16H28N2O3/c1-14(2)12-17-13-15-5-6-18-16(11-15)21-10-9-20-8-4-7-19-3/h5-6,11,14,17H,4,7-10,12-13H2,1-3H3. The van der Waals surface area contributed by atoms with Crippen LogP contribution in [-0.2, 0) is 16.0 Å². The lowest BCUT2D eigenvalue weighted by molar-refractivity contribution is 0.0795. The van der Waals surface area contributed by atoms with E-state index < -0.39 is 0 Å². The predicted octanol–water partition coefficient (Wildman–Crippen LogP) is 2.26. The van der Waals surface area contributed by atoms with Crippen LogP contribution in [0.5, 0.6) is 5.88 Å². The van der Waals surface area contributed by atoms with Gasteiger partial charge in [-0.3, -0.25) is 0 Å². The van der Waals surface area contributed by atoms with Gasteiger partial charge in [-0.25, -0.2) is 4.98 Å². The van der Waals surface area contributed by atoms with Gasteiger partial charge < -0.3 is 19.5 Å². The van der Waals surface area contributed by atoms with Crippen LogP contribution < -0.4 is 10.1 Å². The molecule has 0 fully saturated rings. The predicted molar refractivity (Wildman–Crippen MR) is 83.6 cm³/mol. The Balaban J connectivity index is 2.17. The van der Waals surface area contributed by atoms with Gasteiger partial charge in [0.05, 0.1) is 6.61 Å². The summed E-state index contributed by atoms with van der Waals surface area (Å²) in [4.78, 5) is 4.20. The summed E-state index contributed by atoms with van der Waals surface area (Å²) in [7, 11) is 1.69. The van der Waals surface area contributed by atoms with Crippen molar-refractivity contribution in [1.29, 1.82) is 0 Å². The number of hydrogen-bond donors (Lipinski definition) is 1. The first-order chi connectivity index (χ1) is 10.2. The fourth-order valence-corrected chi connectivity index (χ4v) is 1.76. The van der Waals surface area contributed by atoms with Gasteiger partial charge in [-0.15, -0.1) is 0 Å². The van der Waals surface area contributed by atoms with E-state index in [-0.39, 0.29) is 0 Å². The fraction of sp³-hybridized carbons (Fsp3) is 0.688. The summed E-state index contributed by atoms with van der Waals surface area (Å²) in [6.45, 7) is 8.75. The quantitative estimate of drug-likeness (QED) is 0.600. The minimum atomic E-state index is 0.517. The van der Waals surface area contributed by atoms with Crippen LogP contribution in [0.4, 0.5) is 0 Å². The first-order valence-corrected chi connectivity index (χ1v) is 7.57. The third-order valence-electron chi connectivity index (χ3n) is 2.80. The Kier molecular flexibility index (Phi) is 9.78. The summed E-state index contributed by atoms with van der Waals surface area (Å²) in [6, 6.07) is 3.97. The highest BCUT2D eigenvalue weighted by Gasteiger charge is 2.00. The molecule has 5 heteroatoms. The smallest absolute Gasteiger partial charge is 0.213 e. The summed E-state index contributed by atoms with van der Waals surface area (Å²) < 4.78 is 16.0. The Morgan fingerprint density at radius 2 is 2.05 bits per heavy atom. The summed E-state index contributed by atoms with van der Waals surface area (Å²) >= 11 is 0. The third kappa shape index (κ3) is 9.39. The second-order valence-electron chi connectivity index (χ2n) is 5.33. The molecule has 1 N–H and O–H groups in total. The summed E-state index contributed by atoms with van der Waals surface area (Å²) in [6.07, 6.45) is 2.69. The molecule has 0 bridgehead atoms. The van der Waals surface area contributed by atoms with Crippen LogP contribution >= 0.6 is 0 Å². The first-order valence-electron chi connectivity index (χ1n) is 7.57. The van der Waals surface area contributed by atoms with Crippen molar-refractivity contribution in [2.24, 2.45) is 5.92 Å². The van der Waals surface area contributed by atoms with E-state index >= 15 is 0 Å². The maximum atomic E-state index is 5.59. The SMILES string of the molecule is COCCCOCCOc1cc(CNCC(C)C)ccn1. The highest BCUT2D eigenvalue weighted by molar-refractivity contribution is 5.20. The Hall–Kier alpha value is -1.17. The Morgan fingerprint density at radius 1 is 1.19 bits per heavy atom. The lowest BCUT2D eigenvalue weighted by Crippen LogP contribution is -2.19. The van der Waals surface area contributed by atoms with Crippen LogP contribution in [0.2, 0.25) is 0 Å². The number of pyridine rings is 1. The summed E-state index contributed by atoms with van der Waals surface area (Å²) in [5.41, 5.74) is 1.18. The topological polar surface area (TPSA) is 52.6 Å². The molecule has 21 heavy (non-hydrogen) atoms. The third-order valence-corrected chi connectivity index (χ3v) is 2.80. The molecule has 0 atom stereocenters. The van der Waals surface area contributed by atoms with Crippen molar-refractivity contribution in [3.8, 4) is 5.88 Å². The number of methoxy groups -OCH3 is 1. The molecule has 0 radical (unpaired) electrons. The fourth-order valence-electron chi connectivity index (χ4n) is 1.76. The van der Waals surface area contributed by atoms with Gasteiger partial charge >= 0.3 is 0 Å². The van der Waals surface area contributed by atoms with Crippen LogP contribution in [0.3, 0.4) is 0 Å². The highest BCUT2D eigenvalue weighted by Crippen LogP contribution is 2.09. The molecule has 1 aromatic rings. The van der Waals surface area contributed by atoms with Crippen molar-refractivity contribution >= 4 is 0 Å². The van der Waals surface area contributed by atoms with E-state index in [9.17, 15) is 0 Å². The molecule has 120 valence electrons. The van der Waals surface area contributed by atoms with Gasteiger partial charge in [-0.1, -0.05) is 13.8 Å². The number of hydrogen-bond acceptors (Lipinski definition) is 5. The average Bonchev–Trinajstić information content (AvgIpc) is 2.46. The van der Waals surface area contributed by atoms with Crippen molar-refractivity contribution in [3.05, 3.63) is 23.9 Å². The van der Waals surface area contributed by atoms with Crippen LogP contribution in [-0.4, -0.2) is 45.1 Å². The van der Waals surface area contributed by atoms with E-state index in [4.69, 9.17) is 14.2 Å². The second kappa shape index (κ2) is 11.5. The summed E-state index contributed by atoms with van der Waals surface area (Å²) in [5.74, 6) is 1.30.